The van der Waals surface area contributed by atoms with Gasteiger partial charge in [-0.25, -0.2) is 0 Å². The van der Waals surface area contributed by atoms with Crippen molar-refractivity contribution in [2.75, 3.05) is 0 Å². The number of hydrogen-bond acceptors (Lipinski definition) is 2. The maximum Gasteiger partial charge on any atom is 0.133 e. The van der Waals surface area contributed by atoms with Crippen LogP contribution in [0.2, 0.25) is 0 Å². The highest BCUT2D eigenvalue weighted by Gasteiger charge is 2.48. The summed E-state index contributed by atoms with van der Waals surface area (Å²) in [6.45, 7) is 2.14. The molecule has 2 saturated carbocycles. The molecule has 0 bridgehead atoms. The van der Waals surface area contributed by atoms with Crippen LogP contribution in [0.1, 0.15) is 39.0 Å². The van der Waals surface area contributed by atoms with Gasteiger partial charge in [0.15, 0.2) is 0 Å². The van der Waals surface area contributed by atoms with E-state index < -0.39 is 0 Å². The SMILES string of the molecule is C[C@@]12CCC(=O)C[C@@H]1CC[C@@H]2O. The minimum absolute atomic E-state index is 0.0634. The summed E-state index contributed by atoms with van der Waals surface area (Å²) in [4.78, 5) is 11.2. The minimum Gasteiger partial charge on any atom is -0.393 e. The number of ketones is 1. The van der Waals surface area contributed by atoms with Crippen LogP contribution < -0.4 is 0 Å². The molecule has 2 nitrogen and oxygen atoms in total. The number of carbonyl (C=O) groups is 1. The van der Waals surface area contributed by atoms with E-state index in [2.05, 4.69) is 6.92 Å². The van der Waals surface area contributed by atoms with Gasteiger partial charge in [0.25, 0.3) is 0 Å². The molecule has 0 spiro atoms. The first-order chi connectivity index (χ1) is 5.63. The summed E-state index contributed by atoms with van der Waals surface area (Å²) < 4.78 is 0. The zero-order valence-corrected chi connectivity index (χ0v) is 7.55. The Balaban J connectivity index is 2.19. The molecule has 2 fully saturated rings. The second kappa shape index (κ2) is 2.56. The number of fused-ring (bicyclic) bond motifs is 1. The molecule has 0 saturated heterocycles. The van der Waals surface area contributed by atoms with Crippen LogP contribution in [-0.4, -0.2) is 17.0 Å². The average molecular weight is 168 g/mol. The van der Waals surface area contributed by atoms with Gasteiger partial charge in [0.05, 0.1) is 6.10 Å². The smallest absolute Gasteiger partial charge is 0.133 e. The van der Waals surface area contributed by atoms with E-state index in [1.807, 2.05) is 0 Å². The lowest BCUT2D eigenvalue weighted by Crippen LogP contribution is -2.37. The molecule has 1 N–H and O–H groups in total. The molecule has 0 aliphatic heterocycles. The zero-order chi connectivity index (χ0) is 8.77. The molecule has 0 unspecified atom stereocenters. The Morgan fingerprint density at radius 2 is 2.25 bits per heavy atom. The Kier molecular flexibility index (Phi) is 1.76. The predicted molar refractivity (Wildman–Crippen MR) is 45.7 cm³/mol. The fourth-order valence-corrected chi connectivity index (χ4v) is 2.78. The molecule has 2 rings (SSSR count). The van der Waals surface area contributed by atoms with E-state index in [4.69, 9.17) is 0 Å². The third-order valence-corrected chi connectivity index (χ3v) is 3.90. The van der Waals surface area contributed by atoms with Gasteiger partial charge in [-0.3, -0.25) is 4.79 Å². The van der Waals surface area contributed by atoms with Gasteiger partial charge in [-0.15, -0.1) is 0 Å². The summed E-state index contributed by atoms with van der Waals surface area (Å²) in [5.41, 5.74) is 0.0634. The van der Waals surface area contributed by atoms with E-state index in [1.54, 1.807) is 0 Å². The first kappa shape index (κ1) is 8.24. The van der Waals surface area contributed by atoms with E-state index in [9.17, 15) is 9.90 Å². The van der Waals surface area contributed by atoms with Gasteiger partial charge in [0, 0.05) is 12.8 Å². The van der Waals surface area contributed by atoms with Crippen LogP contribution in [0.3, 0.4) is 0 Å². The quantitative estimate of drug-likeness (QED) is 0.595. The van der Waals surface area contributed by atoms with Crippen LogP contribution in [0, 0.1) is 11.3 Å². The fourth-order valence-electron chi connectivity index (χ4n) is 2.78. The Bertz CT molecular complexity index is 212. The topological polar surface area (TPSA) is 37.3 Å². The van der Waals surface area contributed by atoms with Gasteiger partial charge >= 0.3 is 0 Å². The molecule has 2 aliphatic rings. The van der Waals surface area contributed by atoms with E-state index >= 15 is 0 Å². The second-order valence-electron chi connectivity index (χ2n) is 4.54. The monoisotopic (exact) mass is 168 g/mol. The Morgan fingerprint density at radius 3 is 3.00 bits per heavy atom. The van der Waals surface area contributed by atoms with Gasteiger partial charge < -0.3 is 5.11 Å². The number of aliphatic hydroxyl groups excluding tert-OH is 1. The average Bonchev–Trinajstić information content (AvgIpc) is 2.31. The number of Topliss-reactive ketones (excluding diaryl/α,β-unsaturated/α-hetero) is 1. The number of hydrogen-bond donors (Lipinski definition) is 1. The number of aliphatic hydroxyl groups is 1. The van der Waals surface area contributed by atoms with Crippen molar-refractivity contribution in [1.82, 2.24) is 0 Å². The highest BCUT2D eigenvalue weighted by atomic mass is 16.3. The van der Waals surface area contributed by atoms with Crippen LogP contribution in [0.4, 0.5) is 0 Å². The highest BCUT2D eigenvalue weighted by Crippen LogP contribution is 2.50. The molecule has 2 aliphatic carbocycles. The Morgan fingerprint density at radius 1 is 1.50 bits per heavy atom. The van der Waals surface area contributed by atoms with Gasteiger partial charge in [0.1, 0.15) is 5.78 Å². The van der Waals surface area contributed by atoms with E-state index in [-0.39, 0.29) is 11.5 Å². The molecular weight excluding hydrogens is 152 g/mol. The van der Waals surface area contributed by atoms with Gasteiger partial charge in [0.2, 0.25) is 0 Å². The lowest BCUT2D eigenvalue weighted by atomic mass is 9.68. The summed E-state index contributed by atoms with van der Waals surface area (Å²) >= 11 is 0. The van der Waals surface area contributed by atoms with Crippen molar-refractivity contribution in [3.8, 4) is 0 Å². The highest BCUT2D eigenvalue weighted by molar-refractivity contribution is 5.79. The van der Waals surface area contributed by atoms with Crippen LogP contribution in [-0.2, 0) is 4.79 Å². The summed E-state index contributed by atoms with van der Waals surface area (Å²) in [6, 6.07) is 0. The largest absolute Gasteiger partial charge is 0.393 e. The van der Waals surface area contributed by atoms with E-state index in [0.29, 0.717) is 24.5 Å². The maximum atomic E-state index is 11.2. The number of rotatable bonds is 0. The van der Waals surface area contributed by atoms with Crippen LogP contribution in [0.25, 0.3) is 0 Å². The van der Waals surface area contributed by atoms with Crippen molar-refractivity contribution in [2.45, 2.75) is 45.1 Å². The molecule has 0 aromatic heterocycles. The summed E-state index contributed by atoms with van der Waals surface area (Å²) in [5, 5.41) is 9.76. The van der Waals surface area contributed by atoms with E-state index in [0.717, 1.165) is 19.3 Å². The molecule has 12 heavy (non-hydrogen) atoms. The molecule has 0 radical (unpaired) electrons. The van der Waals surface area contributed by atoms with Gasteiger partial charge in [-0.1, -0.05) is 6.92 Å². The maximum absolute atomic E-state index is 11.2. The summed E-state index contributed by atoms with van der Waals surface area (Å²) in [6.07, 6.45) is 4.09. The molecule has 0 aromatic carbocycles. The molecule has 0 heterocycles. The molecule has 3 atom stereocenters. The Labute approximate surface area is 73.0 Å². The van der Waals surface area contributed by atoms with Crippen LogP contribution in [0.5, 0.6) is 0 Å². The fraction of sp³-hybridized carbons (Fsp3) is 0.900. The van der Waals surface area contributed by atoms with Crippen molar-refractivity contribution < 1.29 is 9.90 Å². The summed E-state index contributed by atoms with van der Waals surface area (Å²) in [7, 11) is 0. The third kappa shape index (κ3) is 1.01. The second-order valence-corrected chi connectivity index (χ2v) is 4.54. The lowest BCUT2D eigenvalue weighted by Gasteiger charge is -2.37. The molecule has 2 heteroatoms. The van der Waals surface area contributed by atoms with Crippen LogP contribution in [0.15, 0.2) is 0 Å². The van der Waals surface area contributed by atoms with Crippen molar-refractivity contribution >= 4 is 5.78 Å². The summed E-state index contributed by atoms with van der Waals surface area (Å²) in [5.74, 6) is 0.861. The minimum atomic E-state index is -0.157. The lowest BCUT2D eigenvalue weighted by molar-refractivity contribution is -0.125. The van der Waals surface area contributed by atoms with E-state index in [1.165, 1.54) is 0 Å². The standard InChI is InChI=1S/C10H16O2/c1-10-5-4-8(11)6-7(10)2-3-9(10)12/h7,9,12H,2-6H2,1H3/t7-,9-,10+/m0/s1. The zero-order valence-electron chi connectivity index (χ0n) is 7.55. The molecule has 0 aromatic rings. The molecule has 68 valence electrons. The molecular formula is C10H16O2. The third-order valence-electron chi connectivity index (χ3n) is 3.90. The predicted octanol–water partition coefficient (Wildman–Crippen LogP) is 1.52. The number of carbonyl (C=O) groups excluding carboxylic acids is 1. The first-order valence-corrected chi connectivity index (χ1v) is 4.83. The normalized spacial score (nSPS) is 47.7. The Hall–Kier alpha value is -0.370. The van der Waals surface area contributed by atoms with Crippen molar-refractivity contribution in [2.24, 2.45) is 11.3 Å². The van der Waals surface area contributed by atoms with Crippen LogP contribution >= 0.6 is 0 Å². The van der Waals surface area contributed by atoms with Crippen molar-refractivity contribution in [3.05, 3.63) is 0 Å². The van der Waals surface area contributed by atoms with Gasteiger partial charge in [-0.05, 0) is 30.6 Å². The van der Waals surface area contributed by atoms with Crippen molar-refractivity contribution in [3.63, 3.8) is 0 Å². The first-order valence-electron chi connectivity index (χ1n) is 4.83. The van der Waals surface area contributed by atoms with Crippen molar-refractivity contribution in [1.29, 1.82) is 0 Å². The molecule has 0 amide bonds. The van der Waals surface area contributed by atoms with Gasteiger partial charge in [-0.2, -0.15) is 0 Å².